The van der Waals surface area contributed by atoms with Gasteiger partial charge in [0.25, 0.3) is 0 Å². The first-order valence-electron chi connectivity index (χ1n) is 7.61. The van der Waals surface area contributed by atoms with Crippen molar-refractivity contribution < 1.29 is 9.53 Å². The molecule has 1 N–H and O–H groups in total. The van der Waals surface area contributed by atoms with Gasteiger partial charge in [0, 0.05) is 19.6 Å². The zero-order valence-electron chi connectivity index (χ0n) is 14.3. The molecule has 0 aliphatic rings. The number of unbranched alkanes of at least 4 members (excludes halogenated alkanes) is 1. The lowest BCUT2D eigenvalue weighted by molar-refractivity contribution is -0.121. The maximum atomic E-state index is 11.7. The van der Waals surface area contributed by atoms with Crippen molar-refractivity contribution in [3.63, 3.8) is 0 Å². The van der Waals surface area contributed by atoms with Gasteiger partial charge in [0.1, 0.15) is 0 Å². The van der Waals surface area contributed by atoms with Crippen LogP contribution >= 0.6 is 0 Å². The Kier molecular flexibility index (Phi) is 8.10. The van der Waals surface area contributed by atoms with Gasteiger partial charge in [-0.1, -0.05) is 32.9 Å². The molecule has 0 fully saturated rings. The number of amides is 1. The van der Waals surface area contributed by atoms with Gasteiger partial charge >= 0.3 is 0 Å². The van der Waals surface area contributed by atoms with Gasteiger partial charge in [-0.15, -0.1) is 0 Å². The van der Waals surface area contributed by atoms with E-state index >= 15 is 0 Å². The summed E-state index contributed by atoms with van der Waals surface area (Å²) in [5.41, 5.74) is 1.21. The molecule has 0 aliphatic carbocycles. The Labute approximate surface area is 125 Å². The molecule has 0 radical (unpaired) electrons. The van der Waals surface area contributed by atoms with Gasteiger partial charge in [-0.2, -0.15) is 0 Å². The van der Waals surface area contributed by atoms with Gasteiger partial charge in [-0.3, -0.25) is 4.79 Å². The highest BCUT2D eigenvalue weighted by Crippen LogP contribution is 2.25. The predicted molar refractivity (Wildman–Crippen MR) is 85.8 cm³/mol. The lowest BCUT2D eigenvalue weighted by atomic mass is 9.86. The Morgan fingerprint density at radius 2 is 1.65 bits per heavy atom. The number of nitrogens with one attached hydrogen (secondary N) is 1. The highest BCUT2D eigenvalue weighted by atomic mass is 16.5. The molecule has 0 rings (SSSR count). The maximum absolute atomic E-state index is 11.7. The number of hydrogen-bond acceptors (Lipinski definition) is 2. The minimum Gasteiger partial charge on any atom is -0.376 e. The standard InChI is InChI=1S/C17H33NO2/c1-14(16(2,3)4)11-12-18-15(19)10-8-9-13-20-17(5,6)7/h1,8-13H2,2-7H3,(H,18,19). The first-order valence-corrected chi connectivity index (χ1v) is 7.61. The molecular weight excluding hydrogens is 250 g/mol. The molecule has 0 heterocycles. The second kappa shape index (κ2) is 8.46. The number of ether oxygens (including phenoxy) is 1. The second-order valence-corrected chi connectivity index (χ2v) is 7.37. The highest BCUT2D eigenvalue weighted by Gasteiger charge is 2.14. The van der Waals surface area contributed by atoms with Crippen molar-refractivity contribution in [3.05, 3.63) is 12.2 Å². The van der Waals surface area contributed by atoms with Crippen LogP contribution in [0.25, 0.3) is 0 Å². The lowest BCUT2D eigenvalue weighted by Gasteiger charge is -2.21. The number of carbonyl (C=O) groups is 1. The van der Waals surface area contributed by atoms with Gasteiger partial charge in [0.15, 0.2) is 0 Å². The maximum Gasteiger partial charge on any atom is 0.220 e. The third-order valence-electron chi connectivity index (χ3n) is 3.14. The summed E-state index contributed by atoms with van der Waals surface area (Å²) in [6.45, 7) is 18.0. The second-order valence-electron chi connectivity index (χ2n) is 7.37. The van der Waals surface area contributed by atoms with Crippen LogP contribution in [-0.4, -0.2) is 24.7 Å². The fourth-order valence-corrected chi connectivity index (χ4v) is 1.58. The van der Waals surface area contributed by atoms with Crippen LogP contribution in [0.2, 0.25) is 0 Å². The molecule has 0 atom stereocenters. The Hall–Kier alpha value is -0.830. The molecule has 0 unspecified atom stereocenters. The summed E-state index contributed by atoms with van der Waals surface area (Å²) in [6, 6.07) is 0. The van der Waals surface area contributed by atoms with E-state index < -0.39 is 0 Å². The van der Waals surface area contributed by atoms with Crippen LogP contribution in [0.5, 0.6) is 0 Å². The van der Waals surface area contributed by atoms with E-state index in [4.69, 9.17) is 4.74 Å². The topological polar surface area (TPSA) is 38.3 Å². The molecule has 1 amide bonds. The molecule has 0 spiro atoms. The minimum absolute atomic E-state index is 0.0877. The van der Waals surface area contributed by atoms with Crippen molar-refractivity contribution >= 4 is 5.91 Å². The van der Waals surface area contributed by atoms with Crippen molar-refractivity contribution in [1.29, 1.82) is 0 Å². The third-order valence-corrected chi connectivity index (χ3v) is 3.14. The Morgan fingerprint density at radius 3 is 2.15 bits per heavy atom. The molecule has 118 valence electrons. The summed E-state index contributed by atoms with van der Waals surface area (Å²) in [4.78, 5) is 11.7. The fourth-order valence-electron chi connectivity index (χ4n) is 1.58. The van der Waals surface area contributed by atoms with Crippen molar-refractivity contribution in [2.24, 2.45) is 5.41 Å². The van der Waals surface area contributed by atoms with E-state index in [1.165, 1.54) is 5.57 Å². The Bertz CT molecular complexity index is 308. The first kappa shape index (κ1) is 19.2. The summed E-state index contributed by atoms with van der Waals surface area (Å²) in [7, 11) is 0. The SMILES string of the molecule is C=C(CCNC(=O)CCCCOC(C)(C)C)C(C)(C)C. The molecule has 3 nitrogen and oxygen atoms in total. The third kappa shape index (κ3) is 11.0. The lowest BCUT2D eigenvalue weighted by Crippen LogP contribution is -2.26. The highest BCUT2D eigenvalue weighted by molar-refractivity contribution is 5.75. The molecule has 20 heavy (non-hydrogen) atoms. The van der Waals surface area contributed by atoms with Crippen LogP contribution in [0, 0.1) is 5.41 Å². The van der Waals surface area contributed by atoms with Crippen molar-refractivity contribution in [1.82, 2.24) is 5.32 Å². The van der Waals surface area contributed by atoms with Gasteiger partial charge in [0.2, 0.25) is 5.91 Å². The molecule has 3 heteroatoms. The fraction of sp³-hybridized carbons (Fsp3) is 0.824. The van der Waals surface area contributed by atoms with Gasteiger partial charge < -0.3 is 10.1 Å². The molecule has 0 aromatic heterocycles. The van der Waals surface area contributed by atoms with Gasteiger partial charge in [0.05, 0.1) is 5.60 Å². The summed E-state index contributed by atoms with van der Waals surface area (Å²) in [5, 5.41) is 2.95. The van der Waals surface area contributed by atoms with E-state index in [1.807, 2.05) is 20.8 Å². The van der Waals surface area contributed by atoms with E-state index in [9.17, 15) is 4.79 Å². The first-order chi connectivity index (χ1) is 9.02. The van der Waals surface area contributed by atoms with E-state index in [0.29, 0.717) is 13.0 Å². The van der Waals surface area contributed by atoms with Gasteiger partial charge in [-0.05, 0) is 45.4 Å². The van der Waals surface area contributed by atoms with Crippen LogP contribution in [0.4, 0.5) is 0 Å². The molecule has 0 aromatic rings. The molecule has 0 aliphatic heterocycles. The van der Waals surface area contributed by atoms with Crippen LogP contribution in [0.15, 0.2) is 12.2 Å². The van der Waals surface area contributed by atoms with Crippen LogP contribution in [0.1, 0.15) is 67.2 Å². The minimum atomic E-state index is -0.0877. The van der Waals surface area contributed by atoms with E-state index in [2.05, 4.69) is 32.7 Å². The predicted octanol–water partition coefficient (Wildman–Crippen LogP) is 4.08. The van der Waals surface area contributed by atoms with Crippen LogP contribution in [0.3, 0.4) is 0 Å². The number of carbonyl (C=O) groups excluding carboxylic acids is 1. The summed E-state index contributed by atoms with van der Waals surface area (Å²) >= 11 is 0. The quantitative estimate of drug-likeness (QED) is 0.538. The van der Waals surface area contributed by atoms with E-state index in [0.717, 1.165) is 25.9 Å². The number of rotatable bonds is 8. The molecule has 0 saturated carbocycles. The Balaban J connectivity index is 3.59. The molecule has 0 saturated heterocycles. The monoisotopic (exact) mass is 283 g/mol. The van der Waals surface area contributed by atoms with Crippen molar-refractivity contribution in [3.8, 4) is 0 Å². The summed E-state index contributed by atoms with van der Waals surface area (Å²) in [6.07, 6.45) is 3.24. The molecule has 0 bridgehead atoms. The van der Waals surface area contributed by atoms with Crippen LogP contribution in [-0.2, 0) is 9.53 Å². The zero-order chi connectivity index (χ0) is 15.8. The zero-order valence-corrected chi connectivity index (χ0v) is 14.3. The average Bonchev–Trinajstić information content (AvgIpc) is 2.25. The smallest absolute Gasteiger partial charge is 0.220 e. The van der Waals surface area contributed by atoms with Gasteiger partial charge in [-0.25, -0.2) is 0 Å². The molecular formula is C17H33NO2. The largest absolute Gasteiger partial charge is 0.376 e. The van der Waals surface area contributed by atoms with E-state index in [-0.39, 0.29) is 16.9 Å². The van der Waals surface area contributed by atoms with Crippen LogP contribution < -0.4 is 5.32 Å². The van der Waals surface area contributed by atoms with E-state index in [1.54, 1.807) is 0 Å². The van der Waals surface area contributed by atoms with Crippen molar-refractivity contribution in [2.75, 3.05) is 13.2 Å². The normalized spacial score (nSPS) is 12.3. The number of hydrogen-bond donors (Lipinski definition) is 1. The summed E-state index contributed by atoms with van der Waals surface area (Å²) < 4.78 is 5.62. The Morgan fingerprint density at radius 1 is 1.05 bits per heavy atom. The average molecular weight is 283 g/mol. The summed E-state index contributed by atoms with van der Waals surface area (Å²) in [5.74, 6) is 0.127. The molecule has 0 aromatic carbocycles. The van der Waals surface area contributed by atoms with Crippen molar-refractivity contribution in [2.45, 2.75) is 72.8 Å².